The first-order chi connectivity index (χ1) is 14.1. The number of carbonyl (C=O) groups is 2. The number of amides is 3. The van der Waals surface area contributed by atoms with Gasteiger partial charge < -0.3 is 20.4 Å². The van der Waals surface area contributed by atoms with E-state index in [0.29, 0.717) is 18.7 Å². The highest BCUT2D eigenvalue weighted by atomic mass is 79.9. The third-order valence-electron chi connectivity index (χ3n) is 4.97. The summed E-state index contributed by atoms with van der Waals surface area (Å²) in [6, 6.07) is 15.1. The predicted octanol–water partition coefficient (Wildman–Crippen LogP) is 4.33. The number of piperazine rings is 1. The van der Waals surface area contributed by atoms with Crippen LogP contribution in [0.4, 0.5) is 16.2 Å². The van der Waals surface area contributed by atoms with E-state index in [0.717, 1.165) is 48.3 Å². The van der Waals surface area contributed by atoms with Gasteiger partial charge in [0.1, 0.15) is 0 Å². The Morgan fingerprint density at radius 2 is 1.62 bits per heavy atom. The lowest BCUT2D eigenvalue weighted by Crippen LogP contribution is -2.52. The Morgan fingerprint density at radius 1 is 0.966 bits per heavy atom. The first-order valence-electron chi connectivity index (χ1n) is 10.0. The Bertz CT molecular complexity index is 816. The summed E-state index contributed by atoms with van der Waals surface area (Å²) in [5.41, 5.74) is 2.47. The molecule has 0 aliphatic carbocycles. The van der Waals surface area contributed by atoms with E-state index in [4.69, 9.17) is 0 Å². The summed E-state index contributed by atoms with van der Waals surface area (Å²) in [4.78, 5) is 28.6. The number of urea groups is 1. The van der Waals surface area contributed by atoms with Gasteiger partial charge in [-0.05, 0) is 55.0 Å². The highest BCUT2D eigenvalue weighted by Gasteiger charge is 2.21. The van der Waals surface area contributed by atoms with Crippen molar-refractivity contribution in [2.24, 2.45) is 0 Å². The molecule has 154 valence electrons. The van der Waals surface area contributed by atoms with Crippen molar-refractivity contribution < 1.29 is 9.59 Å². The molecule has 0 saturated carbocycles. The van der Waals surface area contributed by atoms with Gasteiger partial charge in [-0.3, -0.25) is 4.79 Å². The predicted molar refractivity (Wildman–Crippen MR) is 121 cm³/mol. The molecule has 3 rings (SSSR count). The van der Waals surface area contributed by atoms with E-state index in [1.807, 2.05) is 41.3 Å². The van der Waals surface area contributed by atoms with Gasteiger partial charge in [-0.1, -0.05) is 29.3 Å². The molecule has 1 heterocycles. The van der Waals surface area contributed by atoms with Crippen LogP contribution in [0.3, 0.4) is 0 Å². The van der Waals surface area contributed by atoms with Crippen LogP contribution < -0.4 is 15.5 Å². The van der Waals surface area contributed by atoms with Crippen molar-refractivity contribution in [3.8, 4) is 0 Å². The molecule has 2 aromatic carbocycles. The Kier molecular flexibility index (Phi) is 7.52. The summed E-state index contributed by atoms with van der Waals surface area (Å²) >= 11 is 3.37. The van der Waals surface area contributed by atoms with Crippen molar-refractivity contribution >= 4 is 39.2 Å². The van der Waals surface area contributed by atoms with E-state index in [1.54, 1.807) is 12.1 Å². The topological polar surface area (TPSA) is 64.7 Å². The van der Waals surface area contributed by atoms with Crippen LogP contribution in [0.25, 0.3) is 0 Å². The molecule has 1 saturated heterocycles. The number of benzene rings is 2. The fraction of sp³-hybridized carbons (Fsp3) is 0.364. The maximum atomic E-state index is 12.3. The molecule has 1 aliphatic heterocycles. The van der Waals surface area contributed by atoms with Gasteiger partial charge in [0.25, 0.3) is 5.91 Å². The fourth-order valence-electron chi connectivity index (χ4n) is 3.21. The Hall–Kier alpha value is -2.54. The zero-order chi connectivity index (χ0) is 20.6. The number of hydrogen-bond donors (Lipinski definition) is 2. The van der Waals surface area contributed by atoms with E-state index in [2.05, 4.69) is 38.4 Å². The number of unbranched alkanes of at least 4 members (excludes halogenated alkanes) is 1. The number of nitrogens with zero attached hydrogens (tertiary/aromatic N) is 2. The van der Waals surface area contributed by atoms with Gasteiger partial charge in [-0.15, -0.1) is 0 Å². The molecule has 1 fully saturated rings. The van der Waals surface area contributed by atoms with Gasteiger partial charge in [0.15, 0.2) is 0 Å². The van der Waals surface area contributed by atoms with E-state index >= 15 is 0 Å². The zero-order valence-corrected chi connectivity index (χ0v) is 18.2. The molecule has 7 heteroatoms. The summed E-state index contributed by atoms with van der Waals surface area (Å²) in [6.45, 7) is 5.86. The van der Waals surface area contributed by atoms with Crippen molar-refractivity contribution in [2.45, 2.75) is 19.8 Å². The maximum absolute atomic E-state index is 12.3. The van der Waals surface area contributed by atoms with Crippen molar-refractivity contribution in [2.75, 3.05) is 42.9 Å². The van der Waals surface area contributed by atoms with Crippen molar-refractivity contribution in [1.82, 2.24) is 10.2 Å². The first-order valence-corrected chi connectivity index (χ1v) is 10.8. The monoisotopic (exact) mass is 458 g/mol. The van der Waals surface area contributed by atoms with Crippen molar-refractivity contribution in [3.63, 3.8) is 0 Å². The van der Waals surface area contributed by atoms with E-state index < -0.39 is 0 Å². The third kappa shape index (κ3) is 5.97. The zero-order valence-electron chi connectivity index (χ0n) is 16.7. The minimum absolute atomic E-state index is 0.0316. The minimum Gasteiger partial charge on any atom is -0.368 e. The van der Waals surface area contributed by atoms with Crippen LogP contribution in [0.2, 0.25) is 0 Å². The van der Waals surface area contributed by atoms with Gasteiger partial charge in [-0.2, -0.15) is 0 Å². The van der Waals surface area contributed by atoms with Gasteiger partial charge in [-0.25, -0.2) is 4.79 Å². The lowest BCUT2D eigenvalue weighted by molar-refractivity contribution is 0.102. The normalized spacial score (nSPS) is 13.9. The Morgan fingerprint density at radius 3 is 2.24 bits per heavy atom. The minimum atomic E-state index is -0.132. The molecule has 2 aromatic rings. The van der Waals surface area contributed by atoms with Crippen LogP contribution in [0, 0.1) is 0 Å². The standard InChI is InChI=1S/C22H27BrN4O2/c1-2-3-12-24-22(29)27-15-13-26(14-16-27)20-10-8-19(9-11-20)25-21(28)17-4-6-18(23)7-5-17/h4-11H,2-3,12-16H2,1H3,(H,24,29)(H,25,28). The molecule has 0 aromatic heterocycles. The second kappa shape index (κ2) is 10.3. The van der Waals surface area contributed by atoms with Crippen molar-refractivity contribution in [1.29, 1.82) is 0 Å². The molecule has 0 bridgehead atoms. The van der Waals surface area contributed by atoms with Crippen LogP contribution in [-0.2, 0) is 0 Å². The number of hydrogen-bond acceptors (Lipinski definition) is 3. The van der Waals surface area contributed by atoms with Crippen molar-refractivity contribution in [3.05, 3.63) is 58.6 Å². The number of nitrogens with one attached hydrogen (secondary N) is 2. The molecular formula is C22H27BrN4O2. The smallest absolute Gasteiger partial charge is 0.317 e. The van der Waals surface area contributed by atoms with Crippen LogP contribution in [-0.4, -0.2) is 49.6 Å². The summed E-state index contributed by atoms with van der Waals surface area (Å²) in [5.74, 6) is -0.132. The van der Waals surface area contributed by atoms with Gasteiger partial charge in [0.05, 0.1) is 0 Å². The lowest BCUT2D eigenvalue weighted by atomic mass is 10.2. The number of rotatable bonds is 6. The first kappa shape index (κ1) is 21.2. The summed E-state index contributed by atoms with van der Waals surface area (Å²) in [6.07, 6.45) is 2.09. The average Bonchev–Trinajstić information content (AvgIpc) is 2.75. The maximum Gasteiger partial charge on any atom is 0.317 e. The molecule has 0 atom stereocenters. The summed E-state index contributed by atoms with van der Waals surface area (Å²) < 4.78 is 0.942. The Balaban J connectivity index is 1.50. The van der Waals surface area contributed by atoms with E-state index in [1.165, 1.54) is 0 Å². The largest absolute Gasteiger partial charge is 0.368 e. The van der Waals surface area contributed by atoms with Gasteiger partial charge in [0.2, 0.25) is 0 Å². The third-order valence-corrected chi connectivity index (χ3v) is 5.50. The average molecular weight is 459 g/mol. The molecule has 29 heavy (non-hydrogen) atoms. The van der Waals surface area contributed by atoms with Gasteiger partial charge in [0, 0.05) is 54.1 Å². The number of halogens is 1. The van der Waals surface area contributed by atoms with Crippen LogP contribution in [0.5, 0.6) is 0 Å². The van der Waals surface area contributed by atoms with Crippen LogP contribution >= 0.6 is 15.9 Å². The van der Waals surface area contributed by atoms with E-state index in [9.17, 15) is 9.59 Å². The summed E-state index contributed by atoms with van der Waals surface area (Å²) in [5, 5.41) is 5.90. The second-order valence-electron chi connectivity index (χ2n) is 7.07. The highest BCUT2D eigenvalue weighted by Crippen LogP contribution is 2.20. The second-order valence-corrected chi connectivity index (χ2v) is 7.98. The number of anilines is 2. The molecule has 0 radical (unpaired) electrons. The molecule has 6 nitrogen and oxygen atoms in total. The van der Waals surface area contributed by atoms with Crippen LogP contribution in [0.1, 0.15) is 30.1 Å². The highest BCUT2D eigenvalue weighted by molar-refractivity contribution is 9.10. The molecular weight excluding hydrogens is 432 g/mol. The SMILES string of the molecule is CCCCNC(=O)N1CCN(c2ccc(NC(=O)c3ccc(Br)cc3)cc2)CC1. The quantitative estimate of drug-likeness (QED) is 0.632. The van der Waals surface area contributed by atoms with E-state index in [-0.39, 0.29) is 11.9 Å². The van der Waals surface area contributed by atoms with Crippen LogP contribution in [0.15, 0.2) is 53.0 Å². The number of carbonyl (C=O) groups excluding carboxylic acids is 2. The molecule has 2 N–H and O–H groups in total. The lowest BCUT2D eigenvalue weighted by Gasteiger charge is -2.36. The molecule has 0 spiro atoms. The molecule has 1 aliphatic rings. The Labute approximate surface area is 180 Å². The molecule has 3 amide bonds. The van der Waals surface area contributed by atoms with Gasteiger partial charge >= 0.3 is 6.03 Å². The summed E-state index contributed by atoms with van der Waals surface area (Å²) in [7, 11) is 0. The fourth-order valence-corrected chi connectivity index (χ4v) is 3.48. The molecule has 0 unspecified atom stereocenters.